The Morgan fingerprint density at radius 1 is 1.27 bits per heavy atom. The molecule has 0 amide bonds. The van der Waals surface area contributed by atoms with E-state index in [0.717, 1.165) is 24.7 Å². The average Bonchev–Trinajstić information content (AvgIpc) is 2.70. The smallest absolute Gasteiger partial charge is 0.423 e. The third kappa shape index (κ3) is 1.35. The lowest BCUT2D eigenvalue weighted by Gasteiger charge is -2.20. The minimum absolute atomic E-state index is 0.596. The third-order valence-electron chi connectivity index (χ3n) is 3.03. The molecule has 2 aliphatic carbocycles. The van der Waals surface area contributed by atoms with Crippen molar-refractivity contribution in [2.45, 2.75) is 32.1 Å². The van der Waals surface area contributed by atoms with E-state index in [1.54, 1.807) is 0 Å². The lowest BCUT2D eigenvalue weighted by atomic mass is 9.70. The molecule has 0 bridgehead atoms. The third-order valence-corrected chi connectivity index (χ3v) is 3.03. The first-order valence-corrected chi connectivity index (χ1v) is 4.27. The molecular formula is C8H13BO2. The summed E-state index contributed by atoms with van der Waals surface area (Å²) < 4.78 is 0. The zero-order valence-electron chi connectivity index (χ0n) is 6.58. The van der Waals surface area contributed by atoms with Crippen LogP contribution < -0.4 is 0 Å². The second-order valence-electron chi connectivity index (χ2n) is 3.86. The van der Waals surface area contributed by atoms with Gasteiger partial charge >= 0.3 is 7.12 Å². The SMILES string of the molecule is OB(O)C1=CCC2(CC1)CC2. The van der Waals surface area contributed by atoms with E-state index in [4.69, 9.17) is 10.0 Å². The van der Waals surface area contributed by atoms with E-state index in [-0.39, 0.29) is 0 Å². The van der Waals surface area contributed by atoms with E-state index in [0.29, 0.717) is 5.41 Å². The first-order chi connectivity index (χ1) is 5.22. The summed E-state index contributed by atoms with van der Waals surface area (Å²) in [6.45, 7) is 0. The highest BCUT2D eigenvalue weighted by Gasteiger charge is 2.43. The Bertz CT molecular complexity index is 194. The molecule has 0 aliphatic heterocycles. The minimum Gasteiger partial charge on any atom is -0.423 e. The van der Waals surface area contributed by atoms with Crippen LogP contribution in [-0.4, -0.2) is 17.2 Å². The monoisotopic (exact) mass is 152 g/mol. The van der Waals surface area contributed by atoms with Gasteiger partial charge < -0.3 is 10.0 Å². The van der Waals surface area contributed by atoms with Crippen molar-refractivity contribution in [1.82, 2.24) is 0 Å². The fourth-order valence-electron chi connectivity index (χ4n) is 1.83. The van der Waals surface area contributed by atoms with E-state index >= 15 is 0 Å². The maximum absolute atomic E-state index is 8.86. The Balaban J connectivity index is 2.01. The summed E-state index contributed by atoms with van der Waals surface area (Å²) in [6.07, 6.45) is 7.83. The minimum atomic E-state index is -1.20. The predicted octanol–water partition coefficient (Wildman–Crippen LogP) is 0.889. The van der Waals surface area contributed by atoms with Crippen LogP contribution in [0, 0.1) is 5.41 Å². The normalized spacial score (nSPS) is 26.5. The van der Waals surface area contributed by atoms with Crippen molar-refractivity contribution in [3.63, 3.8) is 0 Å². The Morgan fingerprint density at radius 2 is 2.00 bits per heavy atom. The highest BCUT2D eigenvalue weighted by molar-refractivity contribution is 6.50. The molecule has 0 aromatic rings. The van der Waals surface area contributed by atoms with Crippen LogP contribution in [-0.2, 0) is 0 Å². The lowest BCUT2D eigenvalue weighted by Crippen LogP contribution is -2.19. The fraction of sp³-hybridized carbons (Fsp3) is 0.750. The van der Waals surface area contributed by atoms with Crippen molar-refractivity contribution in [2.75, 3.05) is 0 Å². The van der Waals surface area contributed by atoms with E-state index in [9.17, 15) is 0 Å². The van der Waals surface area contributed by atoms with Crippen LogP contribution in [0.2, 0.25) is 0 Å². The van der Waals surface area contributed by atoms with Gasteiger partial charge in [-0.3, -0.25) is 0 Å². The van der Waals surface area contributed by atoms with Crippen LogP contribution in [0.1, 0.15) is 32.1 Å². The second-order valence-corrected chi connectivity index (χ2v) is 3.86. The van der Waals surface area contributed by atoms with Crippen molar-refractivity contribution in [1.29, 1.82) is 0 Å². The number of allylic oxidation sites excluding steroid dienone is 2. The van der Waals surface area contributed by atoms with Gasteiger partial charge in [0.2, 0.25) is 0 Å². The molecule has 0 saturated heterocycles. The van der Waals surface area contributed by atoms with Crippen LogP contribution >= 0.6 is 0 Å². The Labute approximate surface area is 67.1 Å². The van der Waals surface area contributed by atoms with Crippen molar-refractivity contribution in [3.05, 3.63) is 11.5 Å². The molecule has 60 valence electrons. The molecule has 2 aliphatic rings. The molecule has 0 heterocycles. The van der Waals surface area contributed by atoms with Crippen LogP contribution in [0.5, 0.6) is 0 Å². The van der Waals surface area contributed by atoms with Gasteiger partial charge in [-0.05, 0) is 43.0 Å². The summed E-state index contributed by atoms with van der Waals surface area (Å²) in [5, 5.41) is 17.7. The fourth-order valence-corrected chi connectivity index (χ4v) is 1.83. The summed E-state index contributed by atoms with van der Waals surface area (Å²) in [7, 11) is -1.20. The van der Waals surface area contributed by atoms with Gasteiger partial charge in [-0.15, -0.1) is 0 Å². The quantitative estimate of drug-likeness (QED) is 0.547. The van der Waals surface area contributed by atoms with Crippen LogP contribution in [0.25, 0.3) is 0 Å². The molecule has 11 heavy (non-hydrogen) atoms. The summed E-state index contributed by atoms with van der Waals surface area (Å²) in [5.41, 5.74) is 1.42. The lowest BCUT2D eigenvalue weighted by molar-refractivity contribution is 0.399. The van der Waals surface area contributed by atoms with Crippen molar-refractivity contribution in [3.8, 4) is 0 Å². The molecule has 0 aromatic carbocycles. The summed E-state index contributed by atoms with van der Waals surface area (Å²) in [5.74, 6) is 0. The molecule has 1 fully saturated rings. The molecule has 1 saturated carbocycles. The van der Waals surface area contributed by atoms with Gasteiger partial charge in [0.05, 0.1) is 0 Å². The van der Waals surface area contributed by atoms with Crippen LogP contribution in [0.15, 0.2) is 11.5 Å². The largest absolute Gasteiger partial charge is 0.483 e. The topological polar surface area (TPSA) is 40.5 Å². The first kappa shape index (κ1) is 7.38. The summed E-state index contributed by atoms with van der Waals surface area (Å²) in [4.78, 5) is 0. The zero-order valence-corrected chi connectivity index (χ0v) is 6.58. The molecule has 2 N–H and O–H groups in total. The standard InChI is InChI=1S/C8H13BO2/c10-9(11)7-1-3-8(4-2-7)5-6-8/h1,10-11H,2-6H2. The van der Waals surface area contributed by atoms with Gasteiger partial charge in [0.1, 0.15) is 0 Å². The van der Waals surface area contributed by atoms with Gasteiger partial charge in [0.25, 0.3) is 0 Å². The number of hydrogen-bond acceptors (Lipinski definition) is 2. The van der Waals surface area contributed by atoms with Gasteiger partial charge in [0.15, 0.2) is 0 Å². The van der Waals surface area contributed by atoms with Crippen molar-refractivity contribution in [2.24, 2.45) is 5.41 Å². The van der Waals surface area contributed by atoms with Crippen LogP contribution in [0.4, 0.5) is 0 Å². The number of rotatable bonds is 1. The molecule has 0 radical (unpaired) electrons. The van der Waals surface area contributed by atoms with E-state index in [1.807, 2.05) is 6.08 Å². The van der Waals surface area contributed by atoms with Gasteiger partial charge in [-0.25, -0.2) is 0 Å². The molecule has 0 unspecified atom stereocenters. The van der Waals surface area contributed by atoms with E-state index < -0.39 is 7.12 Å². The highest BCUT2D eigenvalue weighted by atomic mass is 16.4. The maximum Gasteiger partial charge on any atom is 0.483 e. The Morgan fingerprint density at radius 3 is 2.36 bits per heavy atom. The first-order valence-electron chi connectivity index (χ1n) is 4.27. The molecule has 2 nitrogen and oxygen atoms in total. The second kappa shape index (κ2) is 2.36. The Kier molecular flexibility index (Phi) is 1.58. The zero-order chi connectivity index (χ0) is 7.90. The van der Waals surface area contributed by atoms with E-state index in [1.165, 1.54) is 12.8 Å². The van der Waals surface area contributed by atoms with Crippen LogP contribution in [0.3, 0.4) is 0 Å². The molecule has 0 atom stereocenters. The summed E-state index contributed by atoms with van der Waals surface area (Å²) in [6, 6.07) is 0. The van der Waals surface area contributed by atoms with E-state index in [2.05, 4.69) is 0 Å². The molecule has 1 spiro atoms. The maximum atomic E-state index is 8.86. The predicted molar refractivity (Wildman–Crippen MR) is 43.8 cm³/mol. The van der Waals surface area contributed by atoms with Gasteiger partial charge in [0, 0.05) is 0 Å². The number of hydrogen-bond donors (Lipinski definition) is 2. The molecular weight excluding hydrogens is 139 g/mol. The highest BCUT2D eigenvalue weighted by Crippen LogP contribution is 2.55. The van der Waals surface area contributed by atoms with Gasteiger partial charge in [-0.2, -0.15) is 0 Å². The van der Waals surface area contributed by atoms with Gasteiger partial charge in [-0.1, -0.05) is 6.08 Å². The molecule has 2 rings (SSSR count). The average molecular weight is 152 g/mol. The molecule has 0 aromatic heterocycles. The molecule has 3 heteroatoms. The van der Waals surface area contributed by atoms with Crippen molar-refractivity contribution >= 4 is 7.12 Å². The summed E-state index contributed by atoms with van der Waals surface area (Å²) >= 11 is 0. The van der Waals surface area contributed by atoms with Crippen molar-refractivity contribution < 1.29 is 10.0 Å². The Hall–Kier alpha value is -0.275.